The van der Waals surface area contributed by atoms with Gasteiger partial charge < -0.3 is 9.30 Å². The second kappa shape index (κ2) is 10.6. The minimum Gasteiger partial charge on any atom is -0.497 e. The van der Waals surface area contributed by atoms with Crippen molar-refractivity contribution in [3.05, 3.63) is 95.7 Å². The van der Waals surface area contributed by atoms with E-state index in [1.54, 1.807) is 23.9 Å². The van der Waals surface area contributed by atoms with Crippen LogP contribution in [-0.4, -0.2) is 34.1 Å². The van der Waals surface area contributed by atoms with Crippen LogP contribution in [0.2, 0.25) is 0 Å². The van der Waals surface area contributed by atoms with Crippen molar-refractivity contribution < 1.29 is 9.53 Å². The Morgan fingerprint density at radius 2 is 1.81 bits per heavy atom. The number of hydrazone groups is 1. The molecule has 0 saturated carbocycles. The monoisotopic (exact) mass is 497 g/mol. The van der Waals surface area contributed by atoms with Gasteiger partial charge in [0.15, 0.2) is 0 Å². The van der Waals surface area contributed by atoms with E-state index in [0.29, 0.717) is 12.2 Å². The molecule has 1 atom stereocenters. The van der Waals surface area contributed by atoms with E-state index in [1.807, 2.05) is 24.3 Å². The highest BCUT2D eigenvalue weighted by Crippen LogP contribution is 2.35. The SMILES string of the molecule is CCCn1cc(SCC(=O)N2N=C(c3ccc(OC)cc3)C[C@@H]2c2ccc(C)cc2)c2ccccc21. The van der Waals surface area contributed by atoms with Gasteiger partial charge in [0.05, 0.1) is 24.6 Å². The summed E-state index contributed by atoms with van der Waals surface area (Å²) in [6.07, 6.45) is 3.93. The van der Waals surface area contributed by atoms with Gasteiger partial charge in [-0.15, -0.1) is 11.8 Å². The highest BCUT2D eigenvalue weighted by atomic mass is 32.2. The van der Waals surface area contributed by atoms with Crippen molar-refractivity contribution in [3.63, 3.8) is 0 Å². The third-order valence-electron chi connectivity index (χ3n) is 6.62. The Balaban J connectivity index is 1.40. The van der Waals surface area contributed by atoms with Gasteiger partial charge in [0.2, 0.25) is 0 Å². The van der Waals surface area contributed by atoms with Crippen molar-refractivity contribution in [2.45, 2.75) is 44.2 Å². The van der Waals surface area contributed by atoms with E-state index in [0.717, 1.165) is 40.4 Å². The molecule has 5 nitrogen and oxygen atoms in total. The number of nitrogens with zero attached hydrogens (tertiary/aromatic N) is 3. The molecule has 0 radical (unpaired) electrons. The van der Waals surface area contributed by atoms with Crippen LogP contribution in [0.3, 0.4) is 0 Å². The maximum Gasteiger partial charge on any atom is 0.253 e. The van der Waals surface area contributed by atoms with Crippen molar-refractivity contribution in [2.75, 3.05) is 12.9 Å². The second-order valence-electron chi connectivity index (χ2n) is 9.14. The average Bonchev–Trinajstić information content (AvgIpc) is 3.51. The number of ether oxygens (including phenoxy) is 1. The number of aromatic nitrogens is 1. The summed E-state index contributed by atoms with van der Waals surface area (Å²) in [4.78, 5) is 14.7. The van der Waals surface area contributed by atoms with E-state index < -0.39 is 0 Å². The summed E-state index contributed by atoms with van der Waals surface area (Å²) in [6, 6.07) is 24.6. The number of amides is 1. The first-order valence-electron chi connectivity index (χ1n) is 12.4. The van der Waals surface area contributed by atoms with Gasteiger partial charge in [0.25, 0.3) is 5.91 Å². The summed E-state index contributed by atoms with van der Waals surface area (Å²) < 4.78 is 7.59. The molecule has 0 spiro atoms. The lowest BCUT2D eigenvalue weighted by Gasteiger charge is -2.22. The van der Waals surface area contributed by atoms with Crippen LogP contribution in [-0.2, 0) is 11.3 Å². The van der Waals surface area contributed by atoms with Crippen LogP contribution in [0, 0.1) is 6.92 Å². The smallest absolute Gasteiger partial charge is 0.253 e. The Kier molecular flexibility index (Phi) is 7.14. The Bertz CT molecular complexity index is 1390. The topological polar surface area (TPSA) is 46.8 Å². The lowest BCUT2D eigenvalue weighted by Crippen LogP contribution is -2.28. The van der Waals surface area contributed by atoms with Gasteiger partial charge >= 0.3 is 0 Å². The van der Waals surface area contributed by atoms with Gasteiger partial charge in [0, 0.05) is 35.0 Å². The Labute approximate surface area is 216 Å². The number of rotatable bonds is 8. The first kappa shape index (κ1) is 24.2. The first-order chi connectivity index (χ1) is 17.6. The predicted molar refractivity (Wildman–Crippen MR) is 148 cm³/mol. The number of methoxy groups -OCH3 is 1. The van der Waals surface area contributed by atoms with Gasteiger partial charge in [-0.25, -0.2) is 5.01 Å². The van der Waals surface area contributed by atoms with E-state index in [4.69, 9.17) is 9.84 Å². The fourth-order valence-corrected chi connectivity index (χ4v) is 5.65. The van der Waals surface area contributed by atoms with Crippen molar-refractivity contribution in [3.8, 4) is 5.75 Å². The summed E-state index contributed by atoms with van der Waals surface area (Å²) in [5.41, 5.74) is 5.45. The molecule has 3 aromatic carbocycles. The van der Waals surface area contributed by atoms with Gasteiger partial charge in [0.1, 0.15) is 5.75 Å². The number of para-hydroxylation sites is 1. The highest BCUT2D eigenvalue weighted by Gasteiger charge is 2.33. The minimum atomic E-state index is -0.114. The molecule has 1 aromatic heterocycles. The number of hydrogen-bond acceptors (Lipinski definition) is 4. The molecule has 1 amide bonds. The molecule has 1 aliphatic heterocycles. The van der Waals surface area contributed by atoms with Crippen molar-refractivity contribution in [1.82, 2.24) is 9.58 Å². The van der Waals surface area contributed by atoms with Crippen molar-refractivity contribution in [1.29, 1.82) is 0 Å². The zero-order chi connectivity index (χ0) is 25.1. The number of benzene rings is 3. The van der Waals surface area contributed by atoms with Crippen molar-refractivity contribution >= 4 is 34.3 Å². The van der Waals surface area contributed by atoms with Gasteiger partial charge in [-0.05, 0) is 54.8 Å². The number of carbonyl (C=O) groups is 1. The number of carbonyl (C=O) groups excluding carboxylic acids is 1. The first-order valence-corrected chi connectivity index (χ1v) is 13.4. The number of hydrogen-bond donors (Lipinski definition) is 0. The minimum absolute atomic E-state index is 0.0152. The van der Waals surface area contributed by atoms with Crippen LogP contribution in [0.15, 0.2) is 89.0 Å². The number of thioether (sulfide) groups is 1. The third kappa shape index (κ3) is 4.91. The maximum atomic E-state index is 13.6. The summed E-state index contributed by atoms with van der Waals surface area (Å²) in [5, 5.41) is 7.74. The molecular weight excluding hydrogens is 466 g/mol. The van der Waals surface area contributed by atoms with E-state index in [1.165, 1.54) is 16.5 Å². The molecule has 1 aliphatic rings. The molecular formula is C30H31N3O2S. The van der Waals surface area contributed by atoms with Crippen LogP contribution in [0.1, 0.15) is 42.5 Å². The largest absolute Gasteiger partial charge is 0.497 e. The number of fused-ring (bicyclic) bond motifs is 1. The fraction of sp³-hybridized carbons (Fsp3) is 0.267. The molecule has 0 aliphatic carbocycles. The fourth-order valence-electron chi connectivity index (χ4n) is 4.71. The van der Waals surface area contributed by atoms with Gasteiger partial charge in [-0.1, -0.05) is 55.0 Å². The molecule has 36 heavy (non-hydrogen) atoms. The second-order valence-corrected chi connectivity index (χ2v) is 10.2. The molecule has 4 aromatic rings. The zero-order valence-electron chi connectivity index (χ0n) is 21.0. The summed E-state index contributed by atoms with van der Waals surface area (Å²) in [6.45, 7) is 5.22. The Morgan fingerprint density at radius 3 is 2.53 bits per heavy atom. The molecule has 5 rings (SSSR count). The number of aryl methyl sites for hydroxylation is 2. The van der Waals surface area contributed by atoms with Gasteiger partial charge in [-0.2, -0.15) is 5.10 Å². The molecule has 6 heteroatoms. The van der Waals surface area contributed by atoms with E-state index in [2.05, 4.69) is 73.1 Å². The van der Waals surface area contributed by atoms with Crippen LogP contribution in [0.25, 0.3) is 10.9 Å². The van der Waals surface area contributed by atoms with E-state index >= 15 is 0 Å². The zero-order valence-corrected chi connectivity index (χ0v) is 21.8. The summed E-state index contributed by atoms with van der Waals surface area (Å²) in [5.74, 6) is 1.16. The molecule has 2 heterocycles. The lowest BCUT2D eigenvalue weighted by atomic mass is 9.97. The van der Waals surface area contributed by atoms with E-state index in [9.17, 15) is 4.79 Å². The average molecular weight is 498 g/mol. The normalized spacial score (nSPS) is 15.4. The summed E-state index contributed by atoms with van der Waals surface area (Å²) >= 11 is 1.60. The maximum absolute atomic E-state index is 13.6. The lowest BCUT2D eigenvalue weighted by molar-refractivity contribution is -0.130. The van der Waals surface area contributed by atoms with Gasteiger partial charge in [-0.3, -0.25) is 4.79 Å². The quantitative estimate of drug-likeness (QED) is 0.250. The van der Waals surface area contributed by atoms with E-state index in [-0.39, 0.29) is 11.9 Å². The highest BCUT2D eigenvalue weighted by molar-refractivity contribution is 8.00. The summed E-state index contributed by atoms with van der Waals surface area (Å²) in [7, 11) is 1.66. The molecule has 0 bridgehead atoms. The molecule has 0 N–H and O–H groups in total. The van der Waals surface area contributed by atoms with Crippen LogP contribution < -0.4 is 4.74 Å². The molecule has 0 saturated heterocycles. The van der Waals surface area contributed by atoms with Crippen LogP contribution >= 0.6 is 11.8 Å². The van der Waals surface area contributed by atoms with Crippen LogP contribution in [0.5, 0.6) is 5.75 Å². The van der Waals surface area contributed by atoms with Crippen LogP contribution in [0.4, 0.5) is 0 Å². The van der Waals surface area contributed by atoms with Crippen molar-refractivity contribution in [2.24, 2.45) is 5.10 Å². The molecule has 0 unspecified atom stereocenters. The standard InChI is InChI=1S/C30H31N3O2S/c1-4-17-32-19-29(25-7-5-6-8-27(25)32)36-20-30(34)33-28(23-11-9-21(2)10-12-23)18-26(31-33)22-13-15-24(35-3)16-14-22/h5-16,19,28H,4,17-18,20H2,1-3H3/t28-/m1/s1. The molecule has 0 fully saturated rings. The Morgan fingerprint density at radius 1 is 1.06 bits per heavy atom. The predicted octanol–water partition coefficient (Wildman–Crippen LogP) is 6.84. The third-order valence-corrected chi connectivity index (χ3v) is 7.65. The Hall–Kier alpha value is -3.51. The molecule has 184 valence electrons.